The SMILES string of the molecule is CNCc1nc2ccc(C(=O)O)cc2n1C. The van der Waals surface area contributed by atoms with Crippen LogP contribution in [-0.2, 0) is 13.6 Å². The van der Waals surface area contributed by atoms with E-state index in [0.717, 1.165) is 16.9 Å². The predicted octanol–water partition coefficient (Wildman–Crippen LogP) is 0.991. The number of hydrogen-bond acceptors (Lipinski definition) is 3. The maximum absolute atomic E-state index is 10.8. The summed E-state index contributed by atoms with van der Waals surface area (Å²) in [7, 11) is 3.73. The molecule has 2 N–H and O–H groups in total. The molecule has 2 aromatic rings. The predicted molar refractivity (Wildman–Crippen MR) is 60.4 cm³/mol. The van der Waals surface area contributed by atoms with Crippen LogP contribution in [-0.4, -0.2) is 27.7 Å². The van der Waals surface area contributed by atoms with Gasteiger partial charge in [0.05, 0.1) is 23.1 Å². The molecule has 0 amide bonds. The lowest BCUT2D eigenvalue weighted by Crippen LogP contribution is -2.10. The Balaban J connectivity index is 2.59. The van der Waals surface area contributed by atoms with Gasteiger partial charge in [-0.15, -0.1) is 0 Å². The number of aromatic carboxylic acids is 1. The highest BCUT2D eigenvalue weighted by Crippen LogP contribution is 2.16. The Morgan fingerprint density at radius 3 is 2.94 bits per heavy atom. The molecule has 0 unspecified atom stereocenters. The van der Waals surface area contributed by atoms with Crippen molar-refractivity contribution in [3.63, 3.8) is 0 Å². The van der Waals surface area contributed by atoms with Gasteiger partial charge in [0.2, 0.25) is 0 Å². The van der Waals surface area contributed by atoms with Crippen LogP contribution in [0.25, 0.3) is 11.0 Å². The van der Waals surface area contributed by atoms with Crippen molar-refractivity contribution in [1.82, 2.24) is 14.9 Å². The van der Waals surface area contributed by atoms with Crippen molar-refractivity contribution in [1.29, 1.82) is 0 Å². The highest BCUT2D eigenvalue weighted by molar-refractivity contribution is 5.92. The van der Waals surface area contributed by atoms with Crippen molar-refractivity contribution in [2.24, 2.45) is 7.05 Å². The summed E-state index contributed by atoms with van der Waals surface area (Å²) in [6.07, 6.45) is 0. The van der Waals surface area contributed by atoms with E-state index in [4.69, 9.17) is 5.11 Å². The second-order valence-electron chi connectivity index (χ2n) is 3.63. The van der Waals surface area contributed by atoms with Gasteiger partial charge in [0.25, 0.3) is 0 Å². The first-order chi connectivity index (χ1) is 7.63. The minimum Gasteiger partial charge on any atom is -0.478 e. The number of rotatable bonds is 3. The Morgan fingerprint density at radius 1 is 1.56 bits per heavy atom. The van der Waals surface area contributed by atoms with E-state index in [2.05, 4.69) is 10.3 Å². The summed E-state index contributed by atoms with van der Waals surface area (Å²) in [6.45, 7) is 0.660. The lowest BCUT2D eigenvalue weighted by Gasteiger charge is -2.01. The Labute approximate surface area is 92.7 Å². The molecule has 1 aromatic carbocycles. The third-order valence-electron chi connectivity index (χ3n) is 2.56. The van der Waals surface area contributed by atoms with Crippen LogP contribution in [0.5, 0.6) is 0 Å². The first-order valence-electron chi connectivity index (χ1n) is 4.96. The number of carbonyl (C=O) groups is 1. The van der Waals surface area contributed by atoms with Gasteiger partial charge in [0, 0.05) is 7.05 Å². The molecule has 2 rings (SSSR count). The molecule has 0 fully saturated rings. The number of aryl methyl sites for hydroxylation is 1. The number of nitrogens with one attached hydrogen (secondary N) is 1. The van der Waals surface area contributed by atoms with E-state index < -0.39 is 5.97 Å². The minimum absolute atomic E-state index is 0.284. The van der Waals surface area contributed by atoms with Crippen molar-refractivity contribution in [3.8, 4) is 0 Å². The van der Waals surface area contributed by atoms with Crippen LogP contribution in [0.4, 0.5) is 0 Å². The fourth-order valence-electron chi connectivity index (χ4n) is 1.69. The Hall–Kier alpha value is -1.88. The average molecular weight is 219 g/mol. The Bertz CT molecular complexity index is 545. The van der Waals surface area contributed by atoms with Gasteiger partial charge in [-0.2, -0.15) is 0 Å². The average Bonchev–Trinajstić information content (AvgIpc) is 2.56. The lowest BCUT2D eigenvalue weighted by atomic mass is 10.2. The van der Waals surface area contributed by atoms with Crippen LogP contribution in [0.15, 0.2) is 18.2 Å². The van der Waals surface area contributed by atoms with E-state index in [1.807, 2.05) is 18.7 Å². The third kappa shape index (κ3) is 1.65. The molecule has 0 radical (unpaired) electrons. The fraction of sp³-hybridized carbons (Fsp3) is 0.273. The molecule has 0 atom stereocenters. The van der Waals surface area contributed by atoms with Gasteiger partial charge in [-0.1, -0.05) is 0 Å². The summed E-state index contributed by atoms with van der Waals surface area (Å²) in [6, 6.07) is 4.95. The number of benzene rings is 1. The molecule has 0 bridgehead atoms. The van der Waals surface area contributed by atoms with Gasteiger partial charge in [-0.05, 0) is 25.2 Å². The third-order valence-corrected chi connectivity index (χ3v) is 2.56. The molecule has 16 heavy (non-hydrogen) atoms. The molecule has 0 spiro atoms. The Kier molecular flexibility index (Phi) is 2.62. The fourth-order valence-corrected chi connectivity index (χ4v) is 1.69. The maximum atomic E-state index is 10.8. The number of aromatic nitrogens is 2. The van der Waals surface area contributed by atoms with Gasteiger partial charge in [-0.3, -0.25) is 0 Å². The minimum atomic E-state index is -0.918. The molecule has 0 aliphatic rings. The van der Waals surface area contributed by atoms with Crippen LogP contribution in [0.3, 0.4) is 0 Å². The summed E-state index contributed by atoms with van der Waals surface area (Å²) in [5.74, 6) is -0.0293. The maximum Gasteiger partial charge on any atom is 0.335 e. The molecule has 0 aliphatic carbocycles. The van der Waals surface area contributed by atoms with Gasteiger partial charge in [0.1, 0.15) is 5.82 Å². The van der Waals surface area contributed by atoms with E-state index in [0.29, 0.717) is 6.54 Å². The monoisotopic (exact) mass is 219 g/mol. The van der Waals surface area contributed by atoms with Gasteiger partial charge in [0.15, 0.2) is 0 Å². The second-order valence-corrected chi connectivity index (χ2v) is 3.63. The number of nitrogens with zero attached hydrogens (tertiary/aromatic N) is 2. The lowest BCUT2D eigenvalue weighted by molar-refractivity contribution is 0.0697. The van der Waals surface area contributed by atoms with Gasteiger partial charge >= 0.3 is 5.97 Å². The Morgan fingerprint density at radius 2 is 2.31 bits per heavy atom. The van der Waals surface area contributed by atoms with E-state index in [1.54, 1.807) is 18.2 Å². The van der Waals surface area contributed by atoms with E-state index in [-0.39, 0.29) is 5.56 Å². The molecular formula is C11H13N3O2. The standard InChI is InChI=1S/C11H13N3O2/c1-12-6-10-13-8-4-3-7(11(15)16)5-9(8)14(10)2/h3-5,12H,6H2,1-2H3,(H,15,16). The van der Waals surface area contributed by atoms with Crippen LogP contribution < -0.4 is 5.32 Å². The van der Waals surface area contributed by atoms with Crippen molar-refractivity contribution in [2.75, 3.05) is 7.05 Å². The quantitative estimate of drug-likeness (QED) is 0.807. The number of imidazole rings is 1. The van der Waals surface area contributed by atoms with Crippen molar-refractivity contribution < 1.29 is 9.90 Å². The zero-order chi connectivity index (χ0) is 11.7. The van der Waals surface area contributed by atoms with E-state index >= 15 is 0 Å². The number of fused-ring (bicyclic) bond motifs is 1. The molecule has 0 saturated carbocycles. The van der Waals surface area contributed by atoms with Crippen LogP contribution in [0, 0.1) is 0 Å². The zero-order valence-electron chi connectivity index (χ0n) is 9.19. The molecular weight excluding hydrogens is 206 g/mol. The van der Waals surface area contributed by atoms with Gasteiger partial charge < -0.3 is 15.0 Å². The molecule has 1 heterocycles. The molecule has 0 saturated heterocycles. The smallest absolute Gasteiger partial charge is 0.335 e. The summed E-state index contributed by atoms with van der Waals surface area (Å²) in [5.41, 5.74) is 1.94. The summed E-state index contributed by atoms with van der Waals surface area (Å²) < 4.78 is 1.90. The number of hydrogen-bond donors (Lipinski definition) is 2. The number of carboxylic acid groups (broad SMARTS) is 1. The van der Waals surface area contributed by atoms with Crippen molar-refractivity contribution in [2.45, 2.75) is 6.54 Å². The zero-order valence-corrected chi connectivity index (χ0v) is 9.19. The molecule has 1 aromatic heterocycles. The van der Waals surface area contributed by atoms with Crippen LogP contribution >= 0.6 is 0 Å². The first-order valence-corrected chi connectivity index (χ1v) is 4.96. The normalized spacial score (nSPS) is 10.9. The highest BCUT2D eigenvalue weighted by atomic mass is 16.4. The van der Waals surface area contributed by atoms with Crippen LogP contribution in [0.2, 0.25) is 0 Å². The van der Waals surface area contributed by atoms with Crippen LogP contribution in [0.1, 0.15) is 16.2 Å². The first kappa shape index (κ1) is 10.6. The van der Waals surface area contributed by atoms with Crippen molar-refractivity contribution in [3.05, 3.63) is 29.6 Å². The summed E-state index contributed by atoms with van der Waals surface area (Å²) in [5, 5.41) is 11.9. The topological polar surface area (TPSA) is 67.2 Å². The molecule has 0 aliphatic heterocycles. The second kappa shape index (κ2) is 3.94. The largest absolute Gasteiger partial charge is 0.478 e. The summed E-state index contributed by atoms with van der Waals surface area (Å²) in [4.78, 5) is 15.3. The molecule has 5 nitrogen and oxygen atoms in total. The van der Waals surface area contributed by atoms with E-state index in [9.17, 15) is 4.79 Å². The molecule has 84 valence electrons. The van der Waals surface area contributed by atoms with Gasteiger partial charge in [-0.25, -0.2) is 9.78 Å². The van der Waals surface area contributed by atoms with E-state index in [1.165, 1.54) is 0 Å². The molecule has 5 heteroatoms. The highest BCUT2D eigenvalue weighted by Gasteiger charge is 2.10. The van der Waals surface area contributed by atoms with Crippen molar-refractivity contribution >= 4 is 17.0 Å². The number of carboxylic acids is 1. The summed E-state index contributed by atoms with van der Waals surface area (Å²) >= 11 is 0.